The van der Waals surface area contributed by atoms with Crippen LogP contribution >= 0.6 is 15.9 Å². The van der Waals surface area contributed by atoms with Gasteiger partial charge in [-0.3, -0.25) is 9.59 Å². The van der Waals surface area contributed by atoms with Gasteiger partial charge < -0.3 is 10.1 Å². The van der Waals surface area contributed by atoms with Crippen molar-refractivity contribution in [2.24, 2.45) is 56.7 Å². The molecule has 0 saturated heterocycles. The van der Waals surface area contributed by atoms with E-state index in [0.717, 1.165) is 50.3 Å². The fourth-order valence-electron chi connectivity index (χ4n) is 11.6. The van der Waals surface area contributed by atoms with Gasteiger partial charge in [0.05, 0.1) is 5.41 Å². The summed E-state index contributed by atoms with van der Waals surface area (Å²) in [7, 11) is 0. The summed E-state index contributed by atoms with van der Waals surface area (Å²) in [5.41, 5.74) is 1.92. The minimum Gasteiger partial charge on any atom is -0.462 e. The second-order valence-electron chi connectivity index (χ2n) is 15.7. The third-order valence-electron chi connectivity index (χ3n) is 14.1. The van der Waals surface area contributed by atoms with E-state index in [9.17, 15) is 9.59 Å². The predicted molar refractivity (Wildman–Crippen MR) is 161 cm³/mol. The molecule has 1 amide bonds. The molecule has 5 aliphatic carbocycles. The highest BCUT2D eigenvalue weighted by Gasteiger charge is 2.69. The van der Waals surface area contributed by atoms with Crippen molar-refractivity contribution >= 4 is 27.8 Å². The molecule has 5 heteroatoms. The standard InChI is InChI=1S/C34H54BrNO3/c1-21-11-16-34(29(38)36-20-19-35)18-17-32(7)24(28(34)22(21)2)9-10-26-31(6)14-13-27(39-23(3)37)30(4,5)25(31)12-15-33(26,32)8/h9,21-22,25-28H,10-20H2,1-8H3,(H,36,38)/t21-,22+,25+,26-,27+,28+,31+,32-,33-,34+/m1/s1. The summed E-state index contributed by atoms with van der Waals surface area (Å²) < 4.78 is 5.92. The quantitative estimate of drug-likeness (QED) is 0.201. The summed E-state index contributed by atoms with van der Waals surface area (Å²) in [5, 5.41) is 4.13. The second kappa shape index (κ2) is 9.87. The van der Waals surface area contributed by atoms with Crippen LogP contribution in [0.15, 0.2) is 11.6 Å². The number of fused-ring (bicyclic) bond motifs is 7. The van der Waals surface area contributed by atoms with Crippen molar-refractivity contribution in [3.05, 3.63) is 11.6 Å². The third kappa shape index (κ3) is 4.08. The fraction of sp³-hybridized carbons (Fsp3) is 0.882. The molecule has 0 unspecified atom stereocenters. The van der Waals surface area contributed by atoms with Crippen molar-refractivity contribution in [2.45, 2.75) is 119 Å². The van der Waals surface area contributed by atoms with E-state index in [1.54, 1.807) is 12.5 Å². The molecule has 39 heavy (non-hydrogen) atoms. The molecule has 0 aromatic heterocycles. The van der Waals surface area contributed by atoms with Gasteiger partial charge in [-0.25, -0.2) is 0 Å². The zero-order valence-corrected chi connectivity index (χ0v) is 27.5. The van der Waals surface area contributed by atoms with Crippen molar-refractivity contribution in [2.75, 3.05) is 11.9 Å². The van der Waals surface area contributed by atoms with Crippen molar-refractivity contribution in [3.63, 3.8) is 0 Å². The molecule has 1 N–H and O–H groups in total. The van der Waals surface area contributed by atoms with Gasteiger partial charge in [-0.05, 0) is 104 Å². The number of rotatable bonds is 4. The first kappa shape index (κ1) is 29.6. The highest BCUT2D eigenvalue weighted by molar-refractivity contribution is 9.09. The third-order valence-corrected chi connectivity index (χ3v) is 14.5. The number of ether oxygens (including phenoxy) is 1. The first-order chi connectivity index (χ1) is 18.2. The average molecular weight is 605 g/mol. The Morgan fingerprint density at radius 2 is 1.69 bits per heavy atom. The van der Waals surface area contributed by atoms with Crippen molar-refractivity contribution < 1.29 is 14.3 Å². The van der Waals surface area contributed by atoms with E-state index >= 15 is 0 Å². The number of alkyl halides is 1. The van der Waals surface area contributed by atoms with E-state index in [-0.39, 0.29) is 39.1 Å². The van der Waals surface area contributed by atoms with E-state index in [1.807, 2.05) is 0 Å². The van der Waals surface area contributed by atoms with Gasteiger partial charge in [-0.1, -0.05) is 76.0 Å². The molecule has 5 aliphatic rings. The van der Waals surface area contributed by atoms with Crippen LogP contribution in [0.1, 0.15) is 113 Å². The van der Waals surface area contributed by atoms with Crippen molar-refractivity contribution in [1.82, 2.24) is 5.32 Å². The number of halogens is 1. The number of allylic oxidation sites excluding steroid dienone is 2. The summed E-state index contributed by atoms with van der Waals surface area (Å²) in [6.07, 6.45) is 12.6. The van der Waals surface area contributed by atoms with Gasteiger partial charge in [0.1, 0.15) is 6.10 Å². The average Bonchev–Trinajstić information content (AvgIpc) is 2.86. The number of esters is 1. The lowest BCUT2D eigenvalue weighted by molar-refractivity contribution is -0.212. The van der Waals surface area contributed by atoms with Gasteiger partial charge in [0.15, 0.2) is 0 Å². The van der Waals surface area contributed by atoms with Gasteiger partial charge in [-0.15, -0.1) is 0 Å². The molecule has 0 bridgehead atoms. The molecule has 0 spiro atoms. The maximum absolute atomic E-state index is 13.9. The van der Waals surface area contributed by atoms with Crippen LogP contribution in [0.3, 0.4) is 0 Å². The molecule has 220 valence electrons. The highest BCUT2D eigenvalue weighted by atomic mass is 79.9. The van der Waals surface area contributed by atoms with Crippen LogP contribution in [-0.2, 0) is 14.3 Å². The Bertz CT molecular complexity index is 1040. The van der Waals surface area contributed by atoms with Crippen molar-refractivity contribution in [3.8, 4) is 0 Å². The van der Waals surface area contributed by atoms with E-state index in [0.29, 0.717) is 42.0 Å². The zero-order valence-electron chi connectivity index (χ0n) is 25.9. The van der Waals surface area contributed by atoms with Crippen LogP contribution in [0.25, 0.3) is 0 Å². The zero-order chi connectivity index (χ0) is 28.6. The predicted octanol–water partition coefficient (Wildman–Crippen LogP) is 8.09. The molecule has 0 radical (unpaired) electrons. The molecule has 4 nitrogen and oxygen atoms in total. The van der Waals surface area contributed by atoms with Gasteiger partial charge >= 0.3 is 5.97 Å². The lowest BCUT2D eigenvalue weighted by Crippen LogP contribution is -2.66. The Labute approximate surface area is 246 Å². The SMILES string of the molecule is CC(=O)O[C@H]1CC[C@]2(C)[C@H]3CC=C4[C@@H]5[C@@H](C)[C@H](C)CC[C@]5(C(=O)NCCBr)CC[C@@]4(C)[C@]3(C)CC[C@H]2C1(C)C. The van der Waals surface area contributed by atoms with Crippen LogP contribution in [-0.4, -0.2) is 29.9 Å². The van der Waals surface area contributed by atoms with Gasteiger partial charge in [0.25, 0.3) is 0 Å². The lowest BCUT2D eigenvalue weighted by Gasteiger charge is -2.71. The highest BCUT2D eigenvalue weighted by Crippen LogP contribution is 2.75. The molecule has 0 heterocycles. The number of nitrogens with one attached hydrogen (secondary N) is 1. The normalized spacial score (nSPS) is 48.4. The summed E-state index contributed by atoms with van der Waals surface area (Å²) in [4.78, 5) is 25.9. The first-order valence-corrected chi connectivity index (χ1v) is 17.0. The van der Waals surface area contributed by atoms with E-state index in [1.165, 1.54) is 12.8 Å². The molecule has 0 aliphatic heterocycles. The molecular weight excluding hydrogens is 550 g/mol. The number of amides is 1. The molecule has 0 aromatic rings. The summed E-state index contributed by atoms with van der Waals surface area (Å²) in [6, 6.07) is 0. The van der Waals surface area contributed by atoms with Crippen LogP contribution in [0.5, 0.6) is 0 Å². The van der Waals surface area contributed by atoms with E-state index in [2.05, 4.69) is 75.8 Å². The molecule has 10 atom stereocenters. The maximum atomic E-state index is 13.9. The molecule has 4 fully saturated rings. The molecule has 5 rings (SSSR count). The largest absolute Gasteiger partial charge is 0.462 e. The van der Waals surface area contributed by atoms with E-state index < -0.39 is 0 Å². The Morgan fingerprint density at radius 3 is 2.36 bits per heavy atom. The van der Waals surface area contributed by atoms with E-state index in [4.69, 9.17) is 4.74 Å². The maximum Gasteiger partial charge on any atom is 0.302 e. The monoisotopic (exact) mass is 603 g/mol. The topological polar surface area (TPSA) is 55.4 Å². The Balaban J connectivity index is 1.54. The number of carbonyl (C=O) groups is 2. The van der Waals surface area contributed by atoms with Crippen LogP contribution in [0, 0.1) is 56.7 Å². The molecule has 4 saturated carbocycles. The minimum absolute atomic E-state index is 0.0145. The summed E-state index contributed by atoms with van der Waals surface area (Å²) >= 11 is 3.52. The number of carbonyl (C=O) groups excluding carboxylic acids is 2. The first-order valence-electron chi connectivity index (χ1n) is 15.9. The van der Waals surface area contributed by atoms with Crippen molar-refractivity contribution in [1.29, 1.82) is 0 Å². The molecule has 0 aromatic carbocycles. The Morgan fingerprint density at radius 1 is 0.974 bits per heavy atom. The Kier molecular flexibility index (Phi) is 7.50. The second-order valence-corrected chi connectivity index (χ2v) is 16.5. The summed E-state index contributed by atoms with van der Waals surface area (Å²) in [5.74, 6) is 2.83. The minimum atomic E-state index is -0.256. The smallest absolute Gasteiger partial charge is 0.302 e. The van der Waals surface area contributed by atoms with Gasteiger partial charge in [-0.2, -0.15) is 0 Å². The van der Waals surface area contributed by atoms with Crippen LogP contribution in [0.4, 0.5) is 0 Å². The molecular formula is C34H54BrNO3. The Hall–Kier alpha value is -0.840. The number of hydrogen-bond donors (Lipinski definition) is 1. The number of hydrogen-bond acceptors (Lipinski definition) is 3. The lowest BCUT2D eigenvalue weighted by atomic mass is 9.33. The fourth-order valence-corrected chi connectivity index (χ4v) is 11.8. The van der Waals surface area contributed by atoms with Gasteiger partial charge in [0, 0.05) is 24.2 Å². The van der Waals surface area contributed by atoms with Crippen LogP contribution < -0.4 is 5.32 Å². The summed E-state index contributed by atoms with van der Waals surface area (Å²) in [6.45, 7) is 19.7. The van der Waals surface area contributed by atoms with Gasteiger partial charge in [0.2, 0.25) is 5.91 Å². The van der Waals surface area contributed by atoms with Crippen LogP contribution in [0.2, 0.25) is 0 Å².